The maximum absolute atomic E-state index is 12.4. The van der Waals surface area contributed by atoms with Crippen molar-refractivity contribution < 1.29 is 9.53 Å². The number of ether oxygens (including phenoxy) is 1. The summed E-state index contributed by atoms with van der Waals surface area (Å²) >= 11 is 2.21. The highest BCUT2D eigenvalue weighted by atomic mass is 127. The standard InChI is InChI=1S/C17H24IN5O2/c1-10-13(19)8-12-14(18)21-23(15(12)20-10)11-6-5-7-22(9-11)16(24)25-17(2,3)4/h8,11H,5-7,9,19H2,1-4H3/t11-/m1/s1. The highest BCUT2D eigenvalue weighted by molar-refractivity contribution is 14.1. The van der Waals surface area contributed by atoms with Gasteiger partial charge in [-0.1, -0.05) is 0 Å². The first-order valence-electron chi connectivity index (χ1n) is 8.44. The molecule has 25 heavy (non-hydrogen) atoms. The second kappa shape index (κ2) is 6.62. The number of carbonyl (C=O) groups excluding carboxylic acids is 1. The van der Waals surface area contributed by atoms with Gasteiger partial charge in [0, 0.05) is 13.1 Å². The number of likely N-dealkylation sites (tertiary alicyclic amines) is 1. The fourth-order valence-corrected chi connectivity index (χ4v) is 3.66. The van der Waals surface area contributed by atoms with Gasteiger partial charge in [0.25, 0.3) is 0 Å². The van der Waals surface area contributed by atoms with E-state index in [9.17, 15) is 4.79 Å². The molecule has 1 aliphatic rings. The van der Waals surface area contributed by atoms with Crippen LogP contribution in [-0.2, 0) is 4.74 Å². The number of anilines is 1. The van der Waals surface area contributed by atoms with E-state index in [2.05, 4.69) is 32.7 Å². The van der Waals surface area contributed by atoms with Gasteiger partial charge in [-0.05, 0) is 69.2 Å². The van der Waals surface area contributed by atoms with E-state index < -0.39 is 5.60 Å². The first-order valence-corrected chi connectivity index (χ1v) is 9.52. The molecular formula is C17H24IN5O2. The third kappa shape index (κ3) is 3.83. The van der Waals surface area contributed by atoms with Crippen LogP contribution < -0.4 is 5.73 Å². The average Bonchev–Trinajstić information content (AvgIpc) is 2.83. The Morgan fingerprint density at radius 2 is 2.16 bits per heavy atom. The molecule has 0 radical (unpaired) electrons. The minimum atomic E-state index is -0.492. The number of hydrogen-bond donors (Lipinski definition) is 1. The Kier molecular flexibility index (Phi) is 4.82. The third-order valence-corrected chi connectivity index (χ3v) is 5.06. The number of nitrogens with two attached hydrogens (primary N) is 1. The zero-order valence-corrected chi connectivity index (χ0v) is 17.2. The van der Waals surface area contributed by atoms with Gasteiger partial charge in [0.1, 0.15) is 9.30 Å². The number of piperidine rings is 1. The van der Waals surface area contributed by atoms with Gasteiger partial charge in [-0.15, -0.1) is 0 Å². The lowest BCUT2D eigenvalue weighted by atomic mass is 10.1. The summed E-state index contributed by atoms with van der Waals surface area (Å²) in [5.41, 5.74) is 7.79. The van der Waals surface area contributed by atoms with E-state index in [0.717, 1.165) is 33.3 Å². The van der Waals surface area contributed by atoms with E-state index >= 15 is 0 Å². The molecule has 2 N–H and O–H groups in total. The molecule has 0 aromatic carbocycles. The summed E-state index contributed by atoms with van der Waals surface area (Å²) in [5, 5.41) is 5.63. The summed E-state index contributed by atoms with van der Waals surface area (Å²) in [6.07, 6.45) is 1.60. The Morgan fingerprint density at radius 3 is 2.84 bits per heavy atom. The number of amides is 1. The Morgan fingerprint density at radius 1 is 1.44 bits per heavy atom. The second-order valence-electron chi connectivity index (χ2n) is 7.49. The number of aromatic nitrogens is 3. The lowest BCUT2D eigenvalue weighted by Crippen LogP contribution is -2.43. The smallest absolute Gasteiger partial charge is 0.410 e. The summed E-state index contributed by atoms with van der Waals surface area (Å²) in [5.74, 6) is 0. The van der Waals surface area contributed by atoms with Crippen LogP contribution in [0.1, 0.15) is 45.3 Å². The molecule has 1 saturated heterocycles. The van der Waals surface area contributed by atoms with Crippen LogP contribution in [0.3, 0.4) is 0 Å². The van der Waals surface area contributed by atoms with Crippen LogP contribution in [0.15, 0.2) is 6.07 Å². The van der Waals surface area contributed by atoms with Crippen LogP contribution >= 0.6 is 22.6 Å². The van der Waals surface area contributed by atoms with Crippen molar-refractivity contribution in [1.82, 2.24) is 19.7 Å². The van der Waals surface area contributed by atoms with E-state index in [1.807, 2.05) is 38.4 Å². The average molecular weight is 457 g/mol. The topological polar surface area (TPSA) is 86.3 Å². The lowest BCUT2D eigenvalue weighted by molar-refractivity contribution is 0.0169. The molecule has 3 rings (SSSR count). The first-order chi connectivity index (χ1) is 11.7. The molecule has 0 spiro atoms. The van der Waals surface area contributed by atoms with Crippen molar-refractivity contribution >= 4 is 45.4 Å². The highest BCUT2D eigenvalue weighted by Crippen LogP contribution is 2.29. The lowest BCUT2D eigenvalue weighted by Gasteiger charge is -2.34. The Balaban J connectivity index is 1.88. The van der Waals surface area contributed by atoms with Crippen molar-refractivity contribution in [3.63, 3.8) is 0 Å². The number of nitrogen functional groups attached to an aromatic ring is 1. The molecule has 0 unspecified atom stereocenters. The molecule has 1 amide bonds. The predicted octanol–water partition coefficient (Wildman–Crippen LogP) is 3.50. The minimum Gasteiger partial charge on any atom is -0.444 e. The summed E-state index contributed by atoms with van der Waals surface area (Å²) in [4.78, 5) is 18.8. The van der Waals surface area contributed by atoms with Gasteiger partial charge in [-0.25, -0.2) is 14.5 Å². The number of fused-ring (bicyclic) bond motifs is 1. The molecule has 2 aromatic heterocycles. The monoisotopic (exact) mass is 457 g/mol. The van der Waals surface area contributed by atoms with Crippen molar-refractivity contribution in [2.75, 3.05) is 18.8 Å². The van der Waals surface area contributed by atoms with Crippen LogP contribution in [0.4, 0.5) is 10.5 Å². The van der Waals surface area contributed by atoms with Crippen molar-refractivity contribution in [1.29, 1.82) is 0 Å². The fourth-order valence-electron chi connectivity index (χ4n) is 3.03. The van der Waals surface area contributed by atoms with E-state index in [1.165, 1.54) is 0 Å². The van der Waals surface area contributed by atoms with Crippen molar-refractivity contribution in [2.24, 2.45) is 0 Å². The summed E-state index contributed by atoms with van der Waals surface area (Å²) in [7, 11) is 0. The minimum absolute atomic E-state index is 0.0859. The highest BCUT2D eigenvalue weighted by Gasteiger charge is 2.30. The predicted molar refractivity (Wildman–Crippen MR) is 105 cm³/mol. The van der Waals surface area contributed by atoms with Crippen molar-refractivity contribution in [2.45, 2.75) is 52.2 Å². The molecular weight excluding hydrogens is 433 g/mol. The van der Waals surface area contributed by atoms with Gasteiger partial charge >= 0.3 is 6.09 Å². The number of carbonyl (C=O) groups is 1. The van der Waals surface area contributed by atoms with Gasteiger partial charge in [-0.2, -0.15) is 5.10 Å². The van der Waals surface area contributed by atoms with Crippen LogP contribution in [0.2, 0.25) is 0 Å². The van der Waals surface area contributed by atoms with Gasteiger partial charge < -0.3 is 15.4 Å². The summed E-state index contributed by atoms with van der Waals surface area (Å²) in [6.45, 7) is 8.83. The number of halogens is 1. The second-order valence-corrected chi connectivity index (χ2v) is 8.51. The van der Waals surface area contributed by atoms with Crippen LogP contribution in [0.25, 0.3) is 11.0 Å². The molecule has 1 aliphatic heterocycles. The van der Waals surface area contributed by atoms with Crippen LogP contribution in [-0.4, -0.2) is 44.4 Å². The van der Waals surface area contributed by atoms with E-state index in [-0.39, 0.29) is 12.1 Å². The fraction of sp³-hybridized carbons (Fsp3) is 0.588. The van der Waals surface area contributed by atoms with Crippen molar-refractivity contribution in [3.05, 3.63) is 15.5 Å². The Hall–Kier alpha value is -1.58. The molecule has 0 aliphatic carbocycles. The van der Waals surface area contributed by atoms with Crippen LogP contribution in [0, 0.1) is 10.6 Å². The van der Waals surface area contributed by atoms with Crippen molar-refractivity contribution in [3.8, 4) is 0 Å². The summed E-state index contributed by atoms with van der Waals surface area (Å²) in [6, 6.07) is 2.01. The zero-order valence-electron chi connectivity index (χ0n) is 15.0. The molecule has 1 atom stereocenters. The molecule has 0 bridgehead atoms. The molecule has 0 saturated carbocycles. The SMILES string of the molecule is Cc1nc2c(cc1N)c(I)nn2[C@@H]1CCCN(C(=O)OC(C)(C)C)C1. The normalized spacial score (nSPS) is 18.6. The number of aryl methyl sites for hydroxylation is 1. The molecule has 8 heteroatoms. The zero-order chi connectivity index (χ0) is 18.4. The van der Waals surface area contributed by atoms with Gasteiger partial charge in [0.15, 0.2) is 5.65 Å². The van der Waals surface area contributed by atoms with E-state index in [0.29, 0.717) is 18.8 Å². The largest absolute Gasteiger partial charge is 0.444 e. The van der Waals surface area contributed by atoms with Gasteiger partial charge in [-0.3, -0.25) is 0 Å². The number of hydrogen-bond acceptors (Lipinski definition) is 5. The van der Waals surface area contributed by atoms with E-state index in [1.54, 1.807) is 4.90 Å². The number of pyridine rings is 1. The summed E-state index contributed by atoms with van der Waals surface area (Å²) < 4.78 is 8.33. The third-order valence-electron chi connectivity index (χ3n) is 4.26. The van der Waals surface area contributed by atoms with Gasteiger partial charge in [0.05, 0.1) is 22.8 Å². The Bertz CT molecular complexity index is 811. The van der Waals surface area contributed by atoms with Crippen LogP contribution in [0.5, 0.6) is 0 Å². The molecule has 136 valence electrons. The maximum Gasteiger partial charge on any atom is 0.410 e. The quantitative estimate of drug-likeness (QED) is 0.663. The number of rotatable bonds is 1. The maximum atomic E-state index is 12.4. The first kappa shape index (κ1) is 18.2. The van der Waals surface area contributed by atoms with E-state index in [4.69, 9.17) is 10.5 Å². The Labute approximate surface area is 161 Å². The molecule has 7 nitrogen and oxygen atoms in total. The number of nitrogens with zero attached hydrogens (tertiary/aromatic N) is 4. The molecule has 3 heterocycles. The molecule has 1 fully saturated rings. The van der Waals surface area contributed by atoms with Gasteiger partial charge in [0.2, 0.25) is 0 Å². The molecule has 2 aromatic rings.